The monoisotopic (exact) mass is 524 g/mol. The number of aryl methyl sites for hydroxylation is 2. The molecule has 2 aromatic carbocycles. The van der Waals surface area contributed by atoms with Gasteiger partial charge in [0, 0.05) is 36.3 Å². The molecule has 200 valence electrons. The van der Waals surface area contributed by atoms with Crippen molar-refractivity contribution in [1.82, 2.24) is 24.3 Å². The molecule has 0 aliphatic carbocycles. The molecule has 0 bridgehead atoms. The number of imidazole rings is 1. The average molecular weight is 525 g/mol. The first kappa shape index (κ1) is 24.9. The zero-order valence-electron chi connectivity index (χ0n) is 22.6. The molecule has 6 rings (SSSR count). The third kappa shape index (κ3) is 4.28. The Kier molecular flexibility index (Phi) is 6.44. The number of aromatic nitrogens is 4. The maximum atomic E-state index is 13.4. The molecular formula is C30H32N6O3. The number of rotatable bonds is 6. The van der Waals surface area contributed by atoms with Crippen LogP contribution in [0, 0.1) is 6.92 Å². The SMILES string of the molecule is COc1cc(-c2nc(C3CCNCC3)n3ccnc(C)c23)ccc1NC(=O)c1cc2c(OC)cccc2n1C. The number of nitrogens with zero attached hydrogens (tertiary/aromatic N) is 4. The van der Waals surface area contributed by atoms with Crippen molar-refractivity contribution in [3.8, 4) is 22.8 Å². The molecule has 0 saturated carbocycles. The number of hydrogen-bond acceptors (Lipinski definition) is 6. The summed E-state index contributed by atoms with van der Waals surface area (Å²) in [6.45, 7) is 3.99. The fraction of sp³-hybridized carbons (Fsp3) is 0.300. The van der Waals surface area contributed by atoms with Gasteiger partial charge in [0.2, 0.25) is 0 Å². The molecule has 4 heterocycles. The summed E-state index contributed by atoms with van der Waals surface area (Å²) in [6, 6.07) is 13.4. The van der Waals surface area contributed by atoms with Crippen molar-refractivity contribution in [2.75, 3.05) is 32.6 Å². The van der Waals surface area contributed by atoms with Crippen molar-refractivity contribution in [1.29, 1.82) is 0 Å². The lowest BCUT2D eigenvalue weighted by Crippen LogP contribution is -2.27. The van der Waals surface area contributed by atoms with E-state index in [1.54, 1.807) is 14.2 Å². The summed E-state index contributed by atoms with van der Waals surface area (Å²) in [6.07, 6.45) is 5.93. The lowest BCUT2D eigenvalue weighted by Gasteiger charge is -2.21. The number of fused-ring (bicyclic) bond motifs is 2. The number of ether oxygens (including phenoxy) is 2. The summed E-state index contributed by atoms with van der Waals surface area (Å²) in [5, 5.41) is 7.35. The Morgan fingerprint density at radius 1 is 1.08 bits per heavy atom. The van der Waals surface area contributed by atoms with Crippen LogP contribution in [0.2, 0.25) is 0 Å². The maximum Gasteiger partial charge on any atom is 0.272 e. The van der Waals surface area contributed by atoms with Crippen molar-refractivity contribution >= 4 is 28.0 Å². The second-order valence-electron chi connectivity index (χ2n) is 9.92. The first-order valence-corrected chi connectivity index (χ1v) is 13.2. The van der Waals surface area contributed by atoms with Gasteiger partial charge >= 0.3 is 0 Å². The van der Waals surface area contributed by atoms with Gasteiger partial charge in [-0.15, -0.1) is 0 Å². The summed E-state index contributed by atoms with van der Waals surface area (Å²) in [5.74, 6) is 2.50. The van der Waals surface area contributed by atoms with Crippen molar-refractivity contribution in [3.63, 3.8) is 0 Å². The van der Waals surface area contributed by atoms with Crippen LogP contribution in [-0.2, 0) is 7.05 Å². The fourth-order valence-corrected chi connectivity index (χ4v) is 5.65. The quantitative estimate of drug-likeness (QED) is 0.327. The van der Waals surface area contributed by atoms with E-state index in [9.17, 15) is 4.79 Å². The third-order valence-corrected chi connectivity index (χ3v) is 7.69. The first-order valence-electron chi connectivity index (χ1n) is 13.2. The van der Waals surface area contributed by atoms with Gasteiger partial charge in [0.1, 0.15) is 23.0 Å². The van der Waals surface area contributed by atoms with E-state index >= 15 is 0 Å². The highest BCUT2D eigenvalue weighted by Crippen LogP contribution is 2.36. The van der Waals surface area contributed by atoms with E-state index in [4.69, 9.17) is 14.5 Å². The Labute approximate surface area is 226 Å². The molecule has 1 fully saturated rings. The van der Waals surface area contributed by atoms with Gasteiger partial charge in [-0.3, -0.25) is 14.2 Å². The lowest BCUT2D eigenvalue weighted by atomic mass is 9.97. The van der Waals surface area contributed by atoms with Gasteiger partial charge in [-0.1, -0.05) is 12.1 Å². The van der Waals surface area contributed by atoms with Crippen LogP contribution in [0.5, 0.6) is 11.5 Å². The predicted octanol–water partition coefficient (Wildman–Crippen LogP) is 4.93. The molecule has 2 N–H and O–H groups in total. The van der Waals surface area contributed by atoms with E-state index in [-0.39, 0.29) is 5.91 Å². The molecule has 1 aliphatic heterocycles. The van der Waals surface area contributed by atoms with Crippen LogP contribution in [0.15, 0.2) is 54.9 Å². The smallest absolute Gasteiger partial charge is 0.272 e. The van der Waals surface area contributed by atoms with Gasteiger partial charge in [0.05, 0.1) is 42.3 Å². The fourth-order valence-electron chi connectivity index (χ4n) is 5.65. The van der Waals surface area contributed by atoms with Crippen molar-refractivity contribution in [2.24, 2.45) is 7.05 Å². The number of hydrogen-bond donors (Lipinski definition) is 2. The Balaban J connectivity index is 1.36. The Morgan fingerprint density at radius 2 is 1.87 bits per heavy atom. The average Bonchev–Trinajstić information content (AvgIpc) is 3.53. The van der Waals surface area contributed by atoms with E-state index < -0.39 is 0 Å². The highest BCUT2D eigenvalue weighted by molar-refractivity contribution is 6.08. The van der Waals surface area contributed by atoms with Crippen molar-refractivity contribution in [2.45, 2.75) is 25.7 Å². The number of carbonyl (C=O) groups excluding carboxylic acids is 1. The number of carbonyl (C=O) groups is 1. The van der Waals surface area contributed by atoms with Gasteiger partial charge in [0.25, 0.3) is 5.91 Å². The first-order chi connectivity index (χ1) is 19.0. The molecule has 0 unspecified atom stereocenters. The van der Waals surface area contributed by atoms with Crippen molar-refractivity contribution in [3.05, 3.63) is 72.1 Å². The largest absolute Gasteiger partial charge is 0.496 e. The molecule has 0 radical (unpaired) electrons. The van der Waals surface area contributed by atoms with Crippen LogP contribution >= 0.6 is 0 Å². The van der Waals surface area contributed by atoms with Crippen LogP contribution in [0.4, 0.5) is 5.69 Å². The molecule has 3 aromatic heterocycles. The molecule has 5 aromatic rings. The maximum absolute atomic E-state index is 13.4. The summed E-state index contributed by atoms with van der Waals surface area (Å²) >= 11 is 0. The standard InChI is InChI=1S/C30H32N6O3/c1-18-28-27(34-29(36(28)15-14-32-18)19-10-12-31-13-11-19)20-8-9-22(26(16-20)39-4)33-30(37)24-17-21-23(35(24)2)6-5-7-25(21)38-3/h5-9,14-17,19,31H,10-13H2,1-4H3,(H,33,37). The highest BCUT2D eigenvalue weighted by Gasteiger charge is 2.24. The summed E-state index contributed by atoms with van der Waals surface area (Å²) < 4.78 is 15.3. The molecular weight excluding hydrogens is 492 g/mol. The summed E-state index contributed by atoms with van der Waals surface area (Å²) in [4.78, 5) is 23.1. The number of piperidine rings is 1. The molecule has 1 saturated heterocycles. The number of nitrogens with one attached hydrogen (secondary N) is 2. The van der Waals surface area contributed by atoms with E-state index in [1.807, 2.05) is 73.4 Å². The summed E-state index contributed by atoms with van der Waals surface area (Å²) in [7, 11) is 5.11. The molecule has 1 amide bonds. The minimum absolute atomic E-state index is 0.234. The second-order valence-corrected chi connectivity index (χ2v) is 9.92. The number of anilines is 1. The van der Waals surface area contributed by atoms with Crippen LogP contribution in [0.25, 0.3) is 27.7 Å². The van der Waals surface area contributed by atoms with Crippen LogP contribution in [0.1, 0.15) is 40.8 Å². The van der Waals surface area contributed by atoms with Crippen LogP contribution in [0.3, 0.4) is 0 Å². The predicted molar refractivity (Wildman–Crippen MR) is 152 cm³/mol. The molecule has 9 heteroatoms. The Hall–Kier alpha value is -4.37. The zero-order chi connectivity index (χ0) is 27.1. The van der Waals surface area contributed by atoms with Crippen LogP contribution < -0.4 is 20.1 Å². The molecule has 1 aliphatic rings. The molecule has 39 heavy (non-hydrogen) atoms. The normalized spacial score (nSPS) is 14.2. The van der Waals surface area contributed by atoms with Gasteiger partial charge < -0.3 is 24.7 Å². The highest BCUT2D eigenvalue weighted by atomic mass is 16.5. The minimum Gasteiger partial charge on any atom is -0.496 e. The third-order valence-electron chi connectivity index (χ3n) is 7.69. The topological polar surface area (TPSA) is 94.7 Å². The van der Waals surface area contributed by atoms with Crippen LogP contribution in [-0.4, -0.2) is 52.2 Å². The van der Waals surface area contributed by atoms with E-state index in [0.29, 0.717) is 23.0 Å². The van der Waals surface area contributed by atoms with Gasteiger partial charge in [-0.2, -0.15) is 0 Å². The lowest BCUT2D eigenvalue weighted by molar-refractivity contribution is 0.101. The van der Waals surface area contributed by atoms with E-state index in [2.05, 4.69) is 20.0 Å². The molecule has 0 spiro atoms. The van der Waals surface area contributed by atoms with Gasteiger partial charge in [0.15, 0.2) is 0 Å². The van der Waals surface area contributed by atoms with E-state index in [0.717, 1.165) is 70.9 Å². The zero-order valence-corrected chi connectivity index (χ0v) is 22.6. The number of methoxy groups -OCH3 is 2. The minimum atomic E-state index is -0.234. The second kappa shape index (κ2) is 10.1. The Morgan fingerprint density at radius 3 is 2.64 bits per heavy atom. The molecule has 0 atom stereocenters. The van der Waals surface area contributed by atoms with Gasteiger partial charge in [-0.05, 0) is 63.2 Å². The van der Waals surface area contributed by atoms with E-state index in [1.165, 1.54) is 0 Å². The van der Waals surface area contributed by atoms with Crippen molar-refractivity contribution < 1.29 is 14.3 Å². The number of benzene rings is 2. The van der Waals surface area contributed by atoms with Gasteiger partial charge in [-0.25, -0.2) is 4.98 Å². The summed E-state index contributed by atoms with van der Waals surface area (Å²) in [5.41, 5.74) is 5.72. The Bertz CT molecular complexity index is 1700. The molecule has 9 nitrogen and oxygen atoms in total. The number of amides is 1.